The minimum Gasteiger partial charge on any atom is -0.390 e. The molecule has 0 amide bonds. The number of hydrogen-bond acceptors (Lipinski definition) is 7. The lowest BCUT2D eigenvalue weighted by molar-refractivity contribution is -0.387. The SMILES string of the molecule is C=Cc1cn(S(=O)(=O)c2ccc(C)cc2)c2cccc([C@@H](CC(C)(C)O)NS(=O)(=O)c3ccccc3[N+](=O)[O-])c12. The Morgan fingerprint density at radius 1 is 1.05 bits per heavy atom. The van der Waals surface area contributed by atoms with Crippen molar-refractivity contribution in [1.82, 2.24) is 8.69 Å². The molecule has 12 heteroatoms. The zero-order valence-electron chi connectivity index (χ0n) is 22.1. The van der Waals surface area contributed by atoms with Crippen LogP contribution in [0.4, 0.5) is 5.69 Å². The summed E-state index contributed by atoms with van der Waals surface area (Å²) >= 11 is 0. The number of para-hydroxylation sites is 1. The number of aryl methyl sites for hydroxylation is 1. The number of nitro benzene ring substituents is 1. The van der Waals surface area contributed by atoms with Crippen molar-refractivity contribution in [1.29, 1.82) is 0 Å². The summed E-state index contributed by atoms with van der Waals surface area (Å²) in [4.78, 5) is 10.3. The van der Waals surface area contributed by atoms with Crippen molar-refractivity contribution < 1.29 is 26.9 Å². The van der Waals surface area contributed by atoms with Gasteiger partial charge in [0.05, 0.1) is 27.0 Å². The fraction of sp³-hybridized carbons (Fsp3) is 0.214. The van der Waals surface area contributed by atoms with Crippen molar-refractivity contribution in [3.63, 3.8) is 0 Å². The monoisotopic (exact) mass is 583 g/mol. The Labute approximate surface area is 232 Å². The second kappa shape index (κ2) is 10.6. The molecule has 1 atom stereocenters. The summed E-state index contributed by atoms with van der Waals surface area (Å²) in [7, 11) is -8.50. The van der Waals surface area contributed by atoms with Crippen molar-refractivity contribution >= 4 is 42.7 Å². The van der Waals surface area contributed by atoms with E-state index in [0.717, 1.165) is 21.7 Å². The van der Waals surface area contributed by atoms with E-state index in [1.54, 1.807) is 30.3 Å². The molecular formula is C28H29N3O7S2. The Hall–Kier alpha value is -3.84. The molecule has 4 aromatic rings. The largest absolute Gasteiger partial charge is 0.390 e. The summed E-state index contributed by atoms with van der Waals surface area (Å²) in [5, 5.41) is 22.7. The number of aromatic nitrogens is 1. The molecule has 0 saturated carbocycles. The Bertz CT molecular complexity index is 1820. The third kappa shape index (κ3) is 5.70. The normalized spacial score (nSPS) is 13.3. The summed E-state index contributed by atoms with van der Waals surface area (Å²) in [6, 6.07) is 15.1. The molecule has 0 fully saturated rings. The van der Waals surface area contributed by atoms with E-state index in [1.165, 1.54) is 50.4 Å². The first kappa shape index (κ1) is 29.2. The van der Waals surface area contributed by atoms with Crippen molar-refractivity contribution in [2.45, 2.75) is 48.6 Å². The van der Waals surface area contributed by atoms with Gasteiger partial charge in [0.2, 0.25) is 10.0 Å². The number of aliphatic hydroxyl groups is 1. The molecule has 2 N–H and O–H groups in total. The smallest absolute Gasteiger partial charge is 0.289 e. The molecule has 0 aliphatic rings. The number of nitrogens with zero attached hydrogens (tertiary/aromatic N) is 2. The van der Waals surface area contributed by atoms with Crippen molar-refractivity contribution in [3.8, 4) is 0 Å². The van der Waals surface area contributed by atoms with E-state index in [4.69, 9.17) is 0 Å². The van der Waals surface area contributed by atoms with Crippen molar-refractivity contribution in [3.05, 3.63) is 106 Å². The first-order valence-corrected chi connectivity index (χ1v) is 15.1. The third-order valence-electron chi connectivity index (χ3n) is 6.38. The topological polar surface area (TPSA) is 149 Å². The minimum atomic E-state index is -4.47. The molecule has 0 radical (unpaired) electrons. The molecule has 3 aromatic carbocycles. The van der Waals surface area contributed by atoms with Gasteiger partial charge in [-0.2, -0.15) is 0 Å². The molecular weight excluding hydrogens is 554 g/mol. The number of sulfonamides is 1. The van der Waals surface area contributed by atoms with E-state index in [2.05, 4.69) is 11.3 Å². The van der Waals surface area contributed by atoms with Gasteiger partial charge in [0, 0.05) is 23.2 Å². The standard InChI is InChI=1S/C28H29N3O7S2/c1-5-20-18-30(40(37,38)21-15-13-19(2)14-16-21)25-11-8-9-22(27(20)25)23(17-28(3,4)32)29-39(35,36)26-12-7-6-10-24(26)31(33)34/h5-16,18,23,29,32H,1,17H2,2-4H3/t23-/m1/s1. The van der Waals surface area contributed by atoms with Crippen LogP contribution in [0.2, 0.25) is 0 Å². The van der Waals surface area contributed by atoms with Gasteiger partial charge in [0.25, 0.3) is 15.7 Å². The molecule has 10 nitrogen and oxygen atoms in total. The number of fused-ring (bicyclic) bond motifs is 1. The molecule has 210 valence electrons. The maximum absolute atomic E-state index is 13.6. The van der Waals surface area contributed by atoms with E-state index >= 15 is 0 Å². The Kier molecular flexibility index (Phi) is 7.74. The minimum absolute atomic E-state index is 0.0705. The highest BCUT2D eigenvalue weighted by molar-refractivity contribution is 7.90. The molecule has 0 aliphatic heterocycles. The highest BCUT2D eigenvalue weighted by Crippen LogP contribution is 2.36. The van der Waals surface area contributed by atoms with Crippen LogP contribution >= 0.6 is 0 Å². The Balaban J connectivity index is 1.92. The molecule has 0 unspecified atom stereocenters. The maximum Gasteiger partial charge on any atom is 0.289 e. The van der Waals surface area contributed by atoms with Crippen LogP contribution in [0.15, 0.2) is 89.3 Å². The van der Waals surface area contributed by atoms with Crippen LogP contribution in [0, 0.1) is 17.0 Å². The van der Waals surface area contributed by atoms with Gasteiger partial charge < -0.3 is 5.11 Å². The van der Waals surface area contributed by atoms with Gasteiger partial charge >= 0.3 is 0 Å². The molecule has 0 bridgehead atoms. The van der Waals surface area contributed by atoms with Gasteiger partial charge in [-0.05, 0) is 57.0 Å². The molecule has 40 heavy (non-hydrogen) atoms. The van der Waals surface area contributed by atoms with Gasteiger partial charge in [-0.15, -0.1) is 0 Å². The lowest BCUT2D eigenvalue weighted by Crippen LogP contribution is -2.34. The Morgan fingerprint density at radius 2 is 1.70 bits per heavy atom. The van der Waals surface area contributed by atoms with Gasteiger partial charge in [0.15, 0.2) is 4.90 Å². The lowest BCUT2D eigenvalue weighted by atomic mass is 9.91. The number of hydrogen-bond donors (Lipinski definition) is 2. The lowest BCUT2D eigenvalue weighted by Gasteiger charge is -2.27. The van der Waals surface area contributed by atoms with Gasteiger partial charge in [-0.3, -0.25) is 10.1 Å². The number of benzene rings is 3. The van der Waals surface area contributed by atoms with Crippen LogP contribution < -0.4 is 4.72 Å². The van der Waals surface area contributed by atoms with E-state index < -0.39 is 47.2 Å². The van der Waals surface area contributed by atoms with Gasteiger partial charge in [-0.25, -0.2) is 25.5 Å². The number of nitrogens with one attached hydrogen (secondary N) is 1. The van der Waals surface area contributed by atoms with Crippen molar-refractivity contribution in [2.24, 2.45) is 0 Å². The summed E-state index contributed by atoms with van der Waals surface area (Å²) in [5.41, 5.74) is -0.00810. The van der Waals surface area contributed by atoms with E-state index in [-0.39, 0.29) is 16.8 Å². The zero-order chi connectivity index (χ0) is 29.5. The second-order valence-electron chi connectivity index (χ2n) is 10.1. The fourth-order valence-corrected chi connectivity index (χ4v) is 7.34. The fourth-order valence-electron chi connectivity index (χ4n) is 4.58. The average Bonchev–Trinajstić information content (AvgIpc) is 3.27. The first-order valence-electron chi connectivity index (χ1n) is 12.2. The van der Waals surface area contributed by atoms with E-state index in [1.807, 2.05) is 6.92 Å². The summed E-state index contributed by atoms with van der Waals surface area (Å²) < 4.78 is 57.8. The maximum atomic E-state index is 13.6. The summed E-state index contributed by atoms with van der Waals surface area (Å²) in [6.07, 6.45) is 2.75. The van der Waals surface area contributed by atoms with Crippen LogP contribution in [0.5, 0.6) is 0 Å². The molecule has 4 rings (SSSR count). The molecule has 0 saturated heterocycles. The first-order chi connectivity index (χ1) is 18.7. The summed E-state index contributed by atoms with van der Waals surface area (Å²) in [5.74, 6) is 0. The quantitative estimate of drug-likeness (QED) is 0.199. The van der Waals surface area contributed by atoms with Gasteiger partial charge in [0.1, 0.15) is 0 Å². The van der Waals surface area contributed by atoms with Crippen LogP contribution in [-0.4, -0.2) is 36.4 Å². The highest BCUT2D eigenvalue weighted by Gasteiger charge is 2.33. The van der Waals surface area contributed by atoms with Crippen LogP contribution in [-0.2, 0) is 20.0 Å². The molecule has 1 heterocycles. The van der Waals surface area contributed by atoms with E-state index in [0.29, 0.717) is 16.5 Å². The predicted molar refractivity (Wildman–Crippen MR) is 153 cm³/mol. The number of rotatable bonds is 10. The third-order valence-corrected chi connectivity index (χ3v) is 9.59. The van der Waals surface area contributed by atoms with Crippen LogP contribution in [0.3, 0.4) is 0 Å². The van der Waals surface area contributed by atoms with Gasteiger partial charge in [-0.1, -0.05) is 54.6 Å². The molecule has 0 spiro atoms. The summed E-state index contributed by atoms with van der Waals surface area (Å²) in [6.45, 7) is 8.66. The second-order valence-corrected chi connectivity index (χ2v) is 13.6. The van der Waals surface area contributed by atoms with E-state index in [9.17, 15) is 32.1 Å². The zero-order valence-corrected chi connectivity index (χ0v) is 23.7. The van der Waals surface area contributed by atoms with Crippen LogP contribution in [0.1, 0.15) is 43.0 Å². The number of nitro groups is 1. The van der Waals surface area contributed by atoms with Crippen LogP contribution in [0.25, 0.3) is 17.0 Å². The predicted octanol–water partition coefficient (Wildman–Crippen LogP) is 4.92. The van der Waals surface area contributed by atoms with Crippen molar-refractivity contribution in [2.75, 3.05) is 0 Å². The molecule has 1 aromatic heterocycles. The molecule has 0 aliphatic carbocycles. The average molecular weight is 584 g/mol. The Morgan fingerprint density at radius 3 is 2.30 bits per heavy atom. The highest BCUT2D eigenvalue weighted by atomic mass is 32.2.